The second-order valence-corrected chi connectivity index (χ2v) is 10.5. The van der Waals surface area contributed by atoms with Crippen LogP contribution in [0.3, 0.4) is 0 Å². The number of benzene rings is 2. The number of nitrogen functional groups attached to an aromatic ring is 1. The summed E-state index contributed by atoms with van der Waals surface area (Å²) in [5.74, 6) is 4.42. The summed E-state index contributed by atoms with van der Waals surface area (Å²) in [6.45, 7) is 6.86. The first kappa shape index (κ1) is 30.4. The molecule has 3 unspecified atom stereocenters. The maximum atomic E-state index is 14.3. The van der Waals surface area contributed by atoms with Crippen molar-refractivity contribution >= 4 is 47.0 Å². The molecular formula is C33H31N9O3. The number of carbonyl (C=O) groups is 2. The average Bonchev–Trinajstić information content (AvgIpc) is 3.38. The van der Waals surface area contributed by atoms with Gasteiger partial charge in [0, 0.05) is 48.2 Å². The van der Waals surface area contributed by atoms with Gasteiger partial charge in [0.15, 0.2) is 11.5 Å². The van der Waals surface area contributed by atoms with Crippen LogP contribution in [0.2, 0.25) is 0 Å². The van der Waals surface area contributed by atoms with Crippen molar-refractivity contribution in [2.75, 3.05) is 5.73 Å². The molecule has 0 radical (unpaired) electrons. The number of para-hydroxylation sites is 1. The van der Waals surface area contributed by atoms with Gasteiger partial charge in [0.25, 0.3) is 11.5 Å². The number of anilines is 1. The van der Waals surface area contributed by atoms with Gasteiger partial charge in [0.2, 0.25) is 5.91 Å². The molecule has 3 heterocycles. The van der Waals surface area contributed by atoms with Crippen molar-refractivity contribution in [1.29, 1.82) is 0 Å². The molecule has 0 aliphatic heterocycles. The number of hydrogen-bond acceptors (Lipinski definition) is 8. The van der Waals surface area contributed by atoms with Crippen LogP contribution < -0.4 is 22.3 Å². The molecule has 0 aliphatic rings. The fourth-order valence-corrected chi connectivity index (χ4v) is 5.06. The van der Waals surface area contributed by atoms with Gasteiger partial charge in [0.05, 0.1) is 17.3 Å². The van der Waals surface area contributed by atoms with E-state index in [1.165, 1.54) is 10.7 Å². The Hall–Kier alpha value is -6.09. The highest BCUT2D eigenvalue weighted by molar-refractivity contribution is 6.04. The van der Waals surface area contributed by atoms with Crippen LogP contribution in [0.5, 0.6) is 0 Å². The van der Waals surface area contributed by atoms with Gasteiger partial charge in [-0.2, -0.15) is 10.2 Å². The Morgan fingerprint density at radius 3 is 2.64 bits per heavy atom. The minimum absolute atomic E-state index is 0.0398. The summed E-state index contributed by atoms with van der Waals surface area (Å²) in [6.07, 6.45) is 5.03. The molecule has 3 atom stereocenters. The van der Waals surface area contributed by atoms with Crippen LogP contribution in [-0.4, -0.2) is 43.9 Å². The summed E-state index contributed by atoms with van der Waals surface area (Å²) >= 11 is 0. The van der Waals surface area contributed by atoms with Crippen molar-refractivity contribution in [3.05, 3.63) is 100 Å². The van der Waals surface area contributed by atoms with Crippen LogP contribution in [0.1, 0.15) is 47.9 Å². The lowest BCUT2D eigenvalue weighted by molar-refractivity contribution is -0.121. The fraction of sp³-hybridized carbons (Fsp3) is 0.182. The zero-order valence-corrected chi connectivity index (χ0v) is 24.7. The van der Waals surface area contributed by atoms with Gasteiger partial charge in [0.1, 0.15) is 5.56 Å². The van der Waals surface area contributed by atoms with Gasteiger partial charge in [-0.1, -0.05) is 49.1 Å². The molecule has 0 saturated heterocycles. The van der Waals surface area contributed by atoms with E-state index in [0.717, 1.165) is 0 Å². The van der Waals surface area contributed by atoms with E-state index in [0.29, 0.717) is 39.8 Å². The molecule has 0 aliphatic carbocycles. The summed E-state index contributed by atoms with van der Waals surface area (Å²) in [6, 6.07) is 17.4. The number of nitrogens with two attached hydrogens (primary N) is 2. The molecule has 5 rings (SSSR count). The quantitative estimate of drug-likeness (QED) is 0.133. The smallest absolute Gasteiger partial charge is 0.264 e. The van der Waals surface area contributed by atoms with Crippen LogP contribution in [-0.2, 0) is 4.79 Å². The maximum Gasteiger partial charge on any atom is 0.264 e. The molecule has 12 nitrogen and oxygen atoms in total. The Balaban J connectivity index is 1.61. The highest BCUT2D eigenvalue weighted by Crippen LogP contribution is 2.25. The monoisotopic (exact) mass is 601 g/mol. The fourth-order valence-electron chi connectivity index (χ4n) is 5.06. The molecule has 5 aromatic rings. The second kappa shape index (κ2) is 13.0. The maximum absolute atomic E-state index is 14.3. The molecule has 5 N–H and O–H groups in total. The largest absolute Gasteiger partial charge is 0.381 e. The Morgan fingerprint density at radius 2 is 1.91 bits per heavy atom. The van der Waals surface area contributed by atoms with E-state index in [2.05, 4.69) is 44.2 Å². The van der Waals surface area contributed by atoms with E-state index in [1.54, 1.807) is 49.0 Å². The Kier molecular flexibility index (Phi) is 8.81. The van der Waals surface area contributed by atoms with Gasteiger partial charge in [-0.25, -0.2) is 9.50 Å². The van der Waals surface area contributed by atoms with Gasteiger partial charge in [-0.15, -0.1) is 5.10 Å². The van der Waals surface area contributed by atoms with Crippen molar-refractivity contribution in [3.8, 4) is 17.5 Å². The third-order valence-corrected chi connectivity index (χ3v) is 7.34. The van der Waals surface area contributed by atoms with E-state index < -0.39 is 29.7 Å². The predicted molar refractivity (Wildman–Crippen MR) is 174 cm³/mol. The average molecular weight is 602 g/mol. The lowest BCUT2D eigenvalue weighted by atomic mass is 9.96. The number of carbonyl (C=O) groups excluding carboxylic acids is 2. The first-order valence-corrected chi connectivity index (χ1v) is 14.1. The predicted octanol–water partition coefficient (Wildman–Crippen LogP) is 3.27. The summed E-state index contributed by atoms with van der Waals surface area (Å²) in [4.78, 5) is 43.7. The first-order chi connectivity index (χ1) is 21.7. The SMILES string of the molecule is C=N/N=C/C(C#Cc1cccc2cc(C(C)NC(=O)c3c(N)nn4cccnc34)n(-c3ccccc3)c(=O)c12)CC(C)C(N)=O. The van der Waals surface area contributed by atoms with E-state index in [1.807, 2.05) is 42.5 Å². The summed E-state index contributed by atoms with van der Waals surface area (Å²) in [7, 11) is 0. The van der Waals surface area contributed by atoms with Crippen LogP contribution in [0.4, 0.5) is 5.82 Å². The number of amides is 2. The van der Waals surface area contributed by atoms with Crippen LogP contribution in [0, 0.1) is 23.7 Å². The summed E-state index contributed by atoms with van der Waals surface area (Å²) < 4.78 is 3.00. The van der Waals surface area contributed by atoms with Gasteiger partial charge in [-0.3, -0.25) is 19.0 Å². The lowest BCUT2D eigenvalue weighted by Gasteiger charge is -2.21. The Labute approximate surface area is 258 Å². The number of rotatable bonds is 9. The molecule has 2 aromatic carbocycles. The molecule has 0 saturated carbocycles. The third kappa shape index (κ3) is 6.33. The van der Waals surface area contributed by atoms with Crippen LogP contribution >= 0.6 is 0 Å². The van der Waals surface area contributed by atoms with Gasteiger partial charge >= 0.3 is 0 Å². The third-order valence-electron chi connectivity index (χ3n) is 7.34. The molecule has 3 aromatic heterocycles. The highest BCUT2D eigenvalue weighted by Gasteiger charge is 2.24. The second-order valence-electron chi connectivity index (χ2n) is 10.5. The highest BCUT2D eigenvalue weighted by atomic mass is 16.2. The summed E-state index contributed by atoms with van der Waals surface area (Å²) in [5, 5.41) is 15.5. The number of nitrogens with zero attached hydrogens (tertiary/aromatic N) is 6. The van der Waals surface area contributed by atoms with E-state index >= 15 is 0 Å². The molecule has 2 amide bonds. The Morgan fingerprint density at radius 1 is 1.13 bits per heavy atom. The molecule has 0 bridgehead atoms. The standard InChI is InChI=1S/C33H31N9O3/c1-20(30(35)43)17-22(19-38-36-3)13-14-23-9-7-10-24-18-26(42(33(45)27(23)24)25-11-5-4-6-12-25)21(2)39-32(44)28-29(34)40-41-16-8-15-37-31(28)41/h4-12,15-16,18-22H,3,17H2,1-2H3,(H2,34,40)(H2,35,43)(H,39,44)/b38-19+. The zero-order chi connectivity index (χ0) is 32.1. The number of hydrogen-bond donors (Lipinski definition) is 3. The van der Waals surface area contributed by atoms with E-state index in [9.17, 15) is 14.4 Å². The minimum atomic E-state index is -0.634. The number of aromatic nitrogens is 4. The van der Waals surface area contributed by atoms with Crippen LogP contribution in [0.25, 0.3) is 22.1 Å². The lowest BCUT2D eigenvalue weighted by Crippen LogP contribution is -2.32. The van der Waals surface area contributed by atoms with Crippen LogP contribution in [0.15, 0.2) is 88.1 Å². The number of fused-ring (bicyclic) bond motifs is 2. The van der Waals surface area contributed by atoms with Crippen molar-refractivity contribution in [3.63, 3.8) is 0 Å². The summed E-state index contributed by atoms with van der Waals surface area (Å²) in [5.41, 5.74) is 13.3. The number of primary amides is 1. The van der Waals surface area contributed by atoms with Gasteiger partial charge < -0.3 is 16.8 Å². The van der Waals surface area contributed by atoms with Crippen molar-refractivity contribution in [2.24, 2.45) is 27.8 Å². The Bertz CT molecular complexity index is 2070. The van der Waals surface area contributed by atoms with Crippen molar-refractivity contribution < 1.29 is 9.59 Å². The molecular weight excluding hydrogens is 570 g/mol. The van der Waals surface area contributed by atoms with Crippen molar-refractivity contribution in [2.45, 2.75) is 26.3 Å². The zero-order valence-electron chi connectivity index (χ0n) is 24.7. The molecule has 226 valence electrons. The number of nitrogens with one attached hydrogen (secondary N) is 1. The molecule has 0 fully saturated rings. The molecule has 0 spiro atoms. The topological polar surface area (TPSA) is 175 Å². The molecule has 45 heavy (non-hydrogen) atoms. The van der Waals surface area contributed by atoms with E-state index in [4.69, 9.17) is 11.5 Å². The van der Waals surface area contributed by atoms with Gasteiger partial charge in [-0.05, 0) is 49.1 Å². The molecule has 12 heteroatoms. The van der Waals surface area contributed by atoms with Crippen molar-refractivity contribution in [1.82, 2.24) is 24.5 Å². The normalized spacial score (nSPS) is 13.2. The van der Waals surface area contributed by atoms with E-state index in [-0.39, 0.29) is 16.9 Å². The number of pyridine rings is 1. The first-order valence-electron chi connectivity index (χ1n) is 14.1. The minimum Gasteiger partial charge on any atom is -0.381 e.